The minimum absolute atomic E-state index is 0.0295. The number of hydrogen-bond donors (Lipinski definition) is 0. The number of hydrogen-bond acceptors (Lipinski definition) is 5. The molecule has 0 N–H and O–H groups in total. The highest BCUT2D eigenvalue weighted by atomic mass is 35.5. The summed E-state index contributed by atoms with van der Waals surface area (Å²) in [5.74, 6) is 0.353. The summed E-state index contributed by atoms with van der Waals surface area (Å²) in [6, 6.07) is 2.57. The minimum Gasteiger partial charge on any atom is -0.324 e. The monoisotopic (exact) mass is 423 g/mol. The molecule has 1 aromatic carbocycles. The Hall–Kier alpha value is -2.03. The van der Waals surface area contributed by atoms with Crippen LogP contribution in [-0.2, 0) is 6.54 Å². The van der Waals surface area contributed by atoms with Crippen molar-refractivity contribution >= 4 is 40.4 Å². The lowest BCUT2D eigenvalue weighted by molar-refractivity contribution is 0.0597. The van der Waals surface area contributed by atoms with Crippen molar-refractivity contribution in [2.45, 2.75) is 31.5 Å². The van der Waals surface area contributed by atoms with Crippen molar-refractivity contribution in [3.63, 3.8) is 0 Å². The average Bonchev–Trinajstić information content (AvgIpc) is 3.38. The van der Waals surface area contributed by atoms with Crippen LogP contribution in [0.3, 0.4) is 0 Å². The van der Waals surface area contributed by atoms with Crippen LogP contribution < -0.4 is 0 Å². The third-order valence-electron chi connectivity index (χ3n) is 5.13. The van der Waals surface area contributed by atoms with Crippen molar-refractivity contribution in [1.29, 1.82) is 0 Å². The second kappa shape index (κ2) is 6.25. The number of carbonyl (C=O) groups excluding carboxylic acids is 1. The lowest BCUT2D eigenvalue weighted by Gasteiger charge is -2.35. The first-order chi connectivity index (χ1) is 13.1. The van der Waals surface area contributed by atoms with Gasteiger partial charge in [0.1, 0.15) is 5.69 Å². The quantitative estimate of drug-likeness (QED) is 0.579. The molecule has 0 aliphatic carbocycles. The molecule has 2 aliphatic heterocycles. The van der Waals surface area contributed by atoms with E-state index in [-0.39, 0.29) is 33.6 Å². The van der Waals surface area contributed by atoms with E-state index < -0.39 is 5.82 Å². The molecule has 0 radical (unpaired) electrons. The second-order valence-corrected chi connectivity index (χ2v) is 8.05. The molecule has 10 heteroatoms. The molecule has 1 saturated heterocycles. The highest BCUT2D eigenvalue weighted by Gasteiger charge is 2.46. The van der Waals surface area contributed by atoms with Gasteiger partial charge in [-0.25, -0.2) is 9.37 Å². The number of fused-ring (bicyclic) bond motifs is 4. The average molecular weight is 424 g/mol. The zero-order chi connectivity index (χ0) is 18.7. The van der Waals surface area contributed by atoms with Gasteiger partial charge in [-0.1, -0.05) is 23.2 Å². The number of amides is 1. The molecule has 2 aliphatic rings. The third-order valence-corrected chi connectivity index (χ3v) is 6.38. The van der Waals surface area contributed by atoms with Gasteiger partial charge in [0, 0.05) is 11.9 Å². The lowest BCUT2D eigenvalue weighted by atomic mass is 10.1. The summed E-state index contributed by atoms with van der Waals surface area (Å²) in [6.45, 7) is 0.575. The fourth-order valence-corrected chi connectivity index (χ4v) is 4.90. The zero-order valence-electron chi connectivity index (χ0n) is 13.8. The summed E-state index contributed by atoms with van der Waals surface area (Å²) >= 11 is 13.3. The standard InChI is InChI=1S/C17H12Cl2FN5OS/c18-10-3-2-9(13(19)14(10)20)17(26)25-8-1-4-12(25)16-23-22-15(24(16)5-8)11-6-27-7-21-11/h2-3,6-8,12H,1,4-5H2. The van der Waals surface area contributed by atoms with Crippen LogP contribution in [0.2, 0.25) is 10.0 Å². The van der Waals surface area contributed by atoms with E-state index in [4.69, 9.17) is 23.2 Å². The van der Waals surface area contributed by atoms with Crippen LogP contribution in [0.1, 0.15) is 35.1 Å². The van der Waals surface area contributed by atoms with Gasteiger partial charge in [-0.05, 0) is 25.0 Å². The predicted octanol–water partition coefficient (Wildman–Crippen LogP) is 4.21. The Morgan fingerprint density at radius 2 is 2.11 bits per heavy atom. The second-order valence-electron chi connectivity index (χ2n) is 6.55. The summed E-state index contributed by atoms with van der Waals surface area (Å²) in [5, 5.41) is 10.2. The van der Waals surface area contributed by atoms with Crippen molar-refractivity contribution in [1.82, 2.24) is 24.6 Å². The van der Waals surface area contributed by atoms with E-state index in [1.54, 1.807) is 10.4 Å². The molecular formula is C17H12Cl2FN5OS. The number of rotatable bonds is 2. The summed E-state index contributed by atoms with van der Waals surface area (Å²) < 4.78 is 16.1. The third kappa shape index (κ3) is 2.50. The van der Waals surface area contributed by atoms with Crippen LogP contribution in [0.5, 0.6) is 0 Å². The molecule has 5 rings (SSSR count). The molecule has 1 amide bonds. The number of aromatic nitrogens is 4. The van der Waals surface area contributed by atoms with Crippen LogP contribution in [-0.4, -0.2) is 36.6 Å². The topological polar surface area (TPSA) is 63.9 Å². The van der Waals surface area contributed by atoms with Crippen LogP contribution >= 0.6 is 34.5 Å². The highest BCUT2D eigenvalue weighted by Crippen LogP contribution is 2.43. The molecule has 2 atom stereocenters. The van der Waals surface area contributed by atoms with Crippen LogP contribution in [0.25, 0.3) is 11.5 Å². The fraction of sp³-hybridized carbons (Fsp3) is 0.294. The van der Waals surface area contributed by atoms with Gasteiger partial charge < -0.3 is 9.47 Å². The van der Waals surface area contributed by atoms with Gasteiger partial charge in [0.2, 0.25) is 0 Å². The van der Waals surface area contributed by atoms with Crippen molar-refractivity contribution in [3.8, 4) is 11.5 Å². The van der Waals surface area contributed by atoms with Gasteiger partial charge in [-0.3, -0.25) is 4.79 Å². The molecule has 0 saturated carbocycles. The molecule has 27 heavy (non-hydrogen) atoms. The number of nitrogens with zero attached hydrogens (tertiary/aromatic N) is 5. The molecule has 2 bridgehead atoms. The SMILES string of the molecule is O=C(c1ccc(Cl)c(F)c1Cl)N1C2CCC1c1nnc(-c3cscn3)n1C2. The Bertz CT molecular complexity index is 1050. The summed E-state index contributed by atoms with van der Waals surface area (Å²) in [7, 11) is 0. The molecule has 4 heterocycles. The van der Waals surface area contributed by atoms with Gasteiger partial charge in [0.15, 0.2) is 17.5 Å². The fourth-order valence-electron chi connectivity index (χ4n) is 3.92. The Labute approximate surface area is 167 Å². The van der Waals surface area contributed by atoms with Gasteiger partial charge in [-0.15, -0.1) is 21.5 Å². The maximum Gasteiger partial charge on any atom is 0.256 e. The normalized spacial score (nSPS) is 20.8. The molecule has 6 nitrogen and oxygen atoms in total. The zero-order valence-corrected chi connectivity index (χ0v) is 16.1. The Morgan fingerprint density at radius 3 is 2.89 bits per heavy atom. The number of benzene rings is 1. The van der Waals surface area contributed by atoms with Crippen molar-refractivity contribution in [3.05, 3.63) is 50.3 Å². The van der Waals surface area contributed by atoms with E-state index in [2.05, 4.69) is 15.2 Å². The van der Waals surface area contributed by atoms with Gasteiger partial charge >= 0.3 is 0 Å². The molecule has 0 spiro atoms. The number of carbonyl (C=O) groups is 1. The maximum absolute atomic E-state index is 14.1. The van der Waals surface area contributed by atoms with E-state index in [0.29, 0.717) is 12.4 Å². The van der Waals surface area contributed by atoms with E-state index in [1.165, 1.54) is 23.5 Å². The van der Waals surface area contributed by atoms with Crippen molar-refractivity contribution < 1.29 is 9.18 Å². The predicted molar refractivity (Wildman–Crippen MR) is 99.5 cm³/mol. The smallest absolute Gasteiger partial charge is 0.256 e. The molecular weight excluding hydrogens is 412 g/mol. The van der Waals surface area contributed by atoms with E-state index >= 15 is 0 Å². The molecule has 3 aromatic rings. The highest BCUT2D eigenvalue weighted by molar-refractivity contribution is 7.07. The van der Waals surface area contributed by atoms with Crippen molar-refractivity contribution in [2.75, 3.05) is 0 Å². The van der Waals surface area contributed by atoms with Crippen molar-refractivity contribution in [2.24, 2.45) is 0 Å². The Balaban J connectivity index is 1.54. The first-order valence-corrected chi connectivity index (χ1v) is 10.0. The first kappa shape index (κ1) is 17.1. The summed E-state index contributed by atoms with van der Waals surface area (Å²) in [5.41, 5.74) is 2.64. The van der Waals surface area contributed by atoms with E-state index in [0.717, 1.165) is 24.4 Å². The van der Waals surface area contributed by atoms with E-state index in [9.17, 15) is 9.18 Å². The lowest BCUT2D eigenvalue weighted by Crippen LogP contribution is -2.44. The first-order valence-electron chi connectivity index (χ1n) is 8.34. The molecule has 1 fully saturated rings. The van der Waals surface area contributed by atoms with Crippen LogP contribution in [0.15, 0.2) is 23.0 Å². The molecule has 138 valence electrons. The van der Waals surface area contributed by atoms with Gasteiger partial charge in [0.05, 0.1) is 33.2 Å². The van der Waals surface area contributed by atoms with Crippen LogP contribution in [0, 0.1) is 5.82 Å². The summed E-state index contributed by atoms with van der Waals surface area (Å²) in [4.78, 5) is 19.2. The summed E-state index contributed by atoms with van der Waals surface area (Å²) in [6.07, 6.45) is 1.61. The van der Waals surface area contributed by atoms with Crippen LogP contribution in [0.4, 0.5) is 4.39 Å². The molecule has 2 aromatic heterocycles. The molecule has 2 unspecified atom stereocenters. The largest absolute Gasteiger partial charge is 0.324 e. The Kier molecular flexibility index (Phi) is 3.96. The number of halogens is 3. The maximum atomic E-state index is 14.1. The Morgan fingerprint density at radius 1 is 1.26 bits per heavy atom. The van der Waals surface area contributed by atoms with Gasteiger partial charge in [0.25, 0.3) is 5.91 Å². The van der Waals surface area contributed by atoms with E-state index in [1.807, 2.05) is 9.95 Å². The minimum atomic E-state index is -0.775. The number of thiazole rings is 1. The van der Waals surface area contributed by atoms with Gasteiger partial charge in [-0.2, -0.15) is 0 Å².